The van der Waals surface area contributed by atoms with Gasteiger partial charge in [0.2, 0.25) is 5.91 Å². The van der Waals surface area contributed by atoms with Gasteiger partial charge in [-0.05, 0) is 57.8 Å². The van der Waals surface area contributed by atoms with Crippen LogP contribution >= 0.6 is 0 Å². The van der Waals surface area contributed by atoms with Crippen LogP contribution in [0.1, 0.15) is 194 Å². The molecule has 0 rings (SSSR count). The topological polar surface area (TPSA) is 89.8 Å². The van der Waals surface area contributed by atoms with Crippen molar-refractivity contribution in [2.24, 2.45) is 0 Å². The molecule has 3 atom stereocenters. The third-order valence-corrected chi connectivity index (χ3v) is 9.17. The molecule has 0 heterocycles. The van der Waals surface area contributed by atoms with E-state index in [0.717, 1.165) is 64.2 Å². The number of hydrogen-bond donors (Lipinski definition) is 4. The van der Waals surface area contributed by atoms with Crippen LogP contribution in [0.25, 0.3) is 0 Å². The van der Waals surface area contributed by atoms with Gasteiger partial charge in [0, 0.05) is 0 Å². The van der Waals surface area contributed by atoms with E-state index in [-0.39, 0.29) is 6.61 Å². The van der Waals surface area contributed by atoms with Gasteiger partial charge < -0.3 is 20.6 Å². The zero-order valence-corrected chi connectivity index (χ0v) is 31.6. The van der Waals surface area contributed by atoms with Gasteiger partial charge in [0.1, 0.15) is 6.10 Å². The maximum atomic E-state index is 12.4. The van der Waals surface area contributed by atoms with Crippen molar-refractivity contribution in [1.29, 1.82) is 0 Å². The van der Waals surface area contributed by atoms with E-state index in [1.807, 2.05) is 6.08 Å². The summed E-state index contributed by atoms with van der Waals surface area (Å²) < 4.78 is 0. The SMILES string of the molecule is CCCCC/C=C\C=C/CCCCCCCC(O)C(=O)NC(CO)C(O)/C=C/CC/C=C/CCCCCCCCCCCCCCCC. The largest absolute Gasteiger partial charge is 0.394 e. The van der Waals surface area contributed by atoms with Gasteiger partial charge in [0.15, 0.2) is 0 Å². The lowest BCUT2D eigenvalue weighted by Gasteiger charge is -2.21. The molecule has 0 aliphatic rings. The van der Waals surface area contributed by atoms with Crippen molar-refractivity contribution in [2.75, 3.05) is 6.61 Å². The van der Waals surface area contributed by atoms with Crippen molar-refractivity contribution in [3.8, 4) is 0 Å². The van der Waals surface area contributed by atoms with E-state index in [1.54, 1.807) is 6.08 Å². The van der Waals surface area contributed by atoms with Crippen LogP contribution in [0, 0.1) is 0 Å². The Morgan fingerprint density at radius 1 is 0.521 bits per heavy atom. The first-order valence-corrected chi connectivity index (χ1v) is 20.5. The average Bonchev–Trinajstić information content (AvgIpc) is 3.09. The highest BCUT2D eigenvalue weighted by molar-refractivity contribution is 5.80. The molecule has 5 heteroatoms. The summed E-state index contributed by atoms with van der Waals surface area (Å²) >= 11 is 0. The number of amides is 1. The van der Waals surface area contributed by atoms with Crippen molar-refractivity contribution >= 4 is 5.91 Å². The minimum absolute atomic E-state index is 0.383. The minimum atomic E-state index is -1.12. The molecule has 0 aromatic heterocycles. The number of unbranched alkanes of at least 4 members (excludes halogenated alkanes) is 23. The quantitative estimate of drug-likeness (QED) is 0.0303. The maximum absolute atomic E-state index is 12.4. The third-order valence-electron chi connectivity index (χ3n) is 9.17. The molecule has 280 valence electrons. The zero-order chi connectivity index (χ0) is 35.2. The fourth-order valence-electron chi connectivity index (χ4n) is 5.90. The van der Waals surface area contributed by atoms with Crippen molar-refractivity contribution in [3.05, 3.63) is 48.6 Å². The smallest absolute Gasteiger partial charge is 0.249 e. The number of rotatable bonds is 36. The van der Waals surface area contributed by atoms with Gasteiger partial charge in [0.25, 0.3) is 0 Å². The second kappa shape index (κ2) is 38.1. The predicted octanol–water partition coefficient (Wildman–Crippen LogP) is 11.4. The number of carbonyl (C=O) groups excluding carboxylic acids is 1. The number of aliphatic hydroxyl groups is 3. The molecule has 0 aromatic rings. The molecule has 3 unspecified atom stereocenters. The molecule has 0 saturated heterocycles. The molecule has 5 nitrogen and oxygen atoms in total. The molecule has 0 spiro atoms. The van der Waals surface area contributed by atoms with Gasteiger partial charge in [-0.3, -0.25) is 4.79 Å². The number of carbonyl (C=O) groups is 1. The van der Waals surface area contributed by atoms with Gasteiger partial charge in [0.05, 0.1) is 18.8 Å². The van der Waals surface area contributed by atoms with E-state index in [2.05, 4.69) is 55.6 Å². The Morgan fingerprint density at radius 2 is 0.917 bits per heavy atom. The molecule has 0 aromatic carbocycles. The summed E-state index contributed by atoms with van der Waals surface area (Å²) in [5.41, 5.74) is 0. The van der Waals surface area contributed by atoms with Crippen LogP contribution in [0.5, 0.6) is 0 Å². The fourth-order valence-corrected chi connectivity index (χ4v) is 5.90. The molecule has 0 radical (unpaired) electrons. The number of allylic oxidation sites excluding steroid dienone is 7. The lowest BCUT2D eigenvalue weighted by molar-refractivity contribution is -0.131. The highest BCUT2D eigenvalue weighted by Crippen LogP contribution is 2.14. The molecular formula is C43H79NO4. The maximum Gasteiger partial charge on any atom is 0.249 e. The van der Waals surface area contributed by atoms with E-state index in [4.69, 9.17) is 0 Å². The normalized spacial score (nSPS) is 14.2. The first-order valence-electron chi connectivity index (χ1n) is 20.5. The van der Waals surface area contributed by atoms with E-state index < -0.39 is 24.2 Å². The zero-order valence-electron chi connectivity index (χ0n) is 31.6. The van der Waals surface area contributed by atoms with Crippen LogP contribution in [0.3, 0.4) is 0 Å². The molecule has 0 aliphatic heterocycles. The highest BCUT2D eigenvalue weighted by atomic mass is 16.3. The van der Waals surface area contributed by atoms with Gasteiger partial charge in [-0.1, -0.05) is 184 Å². The van der Waals surface area contributed by atoms with Crippen LogP contribution in [0.4, 0.5) is 0 Å². The van der Waals surface area contributed by atoms with Crippen molar-refractivity contribution in [3.63, 3.8) is 0 Å². The van der Waals surface area contributed by atoms with Crippen LogP contribution < -0.4 is 5.32 Å². The monoisotopic (exact) mass is 674 g/mol. The lowest BCUT2D eigenvalue weighted by Crippen LogP contribution is -2.48. The first-order chi connectivity index (χ1) is 23.6. The molecule has 0 saturated carbocycles. The molecule has 48 heavy (non-hydrogen) atoms. The highest BCUT2D eigenvalue weighted by Gasteiger charge is 2.22. The fraction of sp³-hybridized carbons (Fsp3) is 0.791. The van der Waals surface area contributed by atoms with Crippen molar-refractivity contribution in [1.82, 2.24) is 5.32 Å². The predicted molar refractivity (Wildman–Crippen MR) is 208 cm³/mol. The Balaban J connectivity index is 3.78. The third kappa shape index (κ3) is 32.8. The standard InChI is InChI=1S/C43H79NO4/c1-3-5-7-9-11-13-15-17-19-20-21-22-23-24-26-27-29-31-33-35-37-41(46)40(39-45)44-43(48)42(47)38-36-34-32-30-28-25-18-16-14-12-10-8-6-4-2/h12,14,16,18,27,29,35,37,40-42,45-47H,3-11,13,15,17,19-26,28,30-34,36,38-39H2,1-2H3,(H,44,48)/b14-12-,18-16-,29-27+,37-35+. The van der Waals surface area contributed by atoms with Crippen LogP contribution in [-0.2, 0) is 4.79 Å². The second-order valence-electron chi connectivity index (χ2n) is 13.9. The summed E-state index contributed by atoms with van der Waals surface area (Å²) in [6.07, 6.45) is 48.5. The minimum Gasteiger partial charge on any atom is -0.394 e. The molecular weight excluding hydrogens is 594 g/mol. The van der Waals surface area contributed by atoms with Gasteiger partial charge in [-0.2, -0.15) is 0 Å². The van der Waals surface area contributed by atoms with Crippen LogP contribution in [0.15, 0.2) is 48.6 Å². The lowest BCUT2D eigenvalue weighted by atomic mass is 10.0. The summed E-state index contributed by atoms with van der Waals surface area (Å²) in [5, 5.41) is 33.0. The van der Waals surface area contributed by atoms with Gasteiger partial charge in [-0.25, -0.2) is 0 Å². The van der Waals surface area contributed by atoms with Crippen molar-refractivity contribution in [2.45, 2.75) is 212 Å². The van der Waals surface area contributed by atoms with Crippen LogP contribution in [-0.4, -0.2) is 46.1 Å². The Morgan fingerprint density at radius 3 is 1.44 bits per heavy atom. The Labute approximate surface area is 297 Å². The Kier molecular flexibility index (Phi) is 36.8. The number of hydrogen-bond acceptors (Lipinski definition) is 4. The summed E-state index contributed by atoms with van der Waals surface area (Å²) in [7, 11) is 0. The molecule has 0 bridgehead atoms. The summed E-state index contributed by atoms with van der Waals surface area (Å²) in [6.45, 7) is 4.12. The number of nitrogens with one attached hydrogen (secondary N) is 1. The molecule has 0 fully saturated rings. The summed E-state index contributed by atoms with van der Waals surface area (Å²) in [5.74, 6) is -0.527. The van der Waals surface area contributed by atoms with E-state index in [9.17, 15) is 20.1 Å². The second-order valence-corrected chi connectivity index (χ2v) is 13.9. The van der Waals surface area contributed by atoms with E-state index in [1.165, 1.54) is 109 Å². The first kappa shape index (κ1) is 46.3. The summed E-state index contributed by atoms with van der Waals surface area (Å²) in [4.78, 5) is 12.4. The van der Waals surface area contributed by atoms with E-state index >= 15 is 0 Å². The molecule has 1 amide bonds. The molecule has 0 aliphatic carbocycles. The van der Waals surface area contributed by atoms with Crippen LogP contribution in [0.2, 0.25) is 0 Å². The van der Waals surface area contributed by atoms with E-state index in [0.29, 0.717) is 6.42 Å². The Bertz CT molecular complexity index is 790. The average molecular weight is 674 g/mol. The molecule has 4 N–H and O–H groups in total. The summed E-state index contributed by atoms with van der Waals surface area (Å²) in [6, 6.07) is -0.821. The van der Waals surface area contributed by atoms with Gasteiger partial charge >= 0.3 is 0 Å². The number of aliphatic hydroxyl groups excluding tert-OH is 3. The Hall–Kier alpha value is -1.69. The van der Waals surface area contributed by atoms with Crippen molar-refractivity contribution < 1.29 is 20.1 Å². The van der Waals surface area contributed by atoms with Gasteiger partial charge in [-0.15, -0.1) is 0 Å².